The first-order valence-electron chi connectivity index (χ1n) is 5.66. The summed E-state index contributed by atoms with van der Waals surface area (Å²) in [4.78, 5) is 28.2. The molecule has 0 aromatic carbocycles. The number of Topliss-reactive ketones (excluding diaryl/α,β-unsaturated/α-hetero) is 2. The Morgan fingerprint density at radius 3 is 2.38 bits per heavy atom. The van der Waals surface area contributed by atoms with E-state index in [2.05, 4.69) is 4.99 Å². The average Bonchev–Trinajstić information content (AvgIpc) is 2.16. The Morgan fingerprint density at radius 1 is 1.25 bits per heavy atom. The van der Waals surface area contributed by atoms with E-state index in [1.54, 1.807) is 0 Å². The first-order chi connectivity index (χ1) is 7.49. The van der Waals surface area contributed by atoms with Crippen LogP contribution in [0.4, 0.5) is 0 Å². The first kappa shape index (κ1) is 11.5. The summed E-state index contributed by atoms with van der Waals surface area (Å²) >= 11 is 0. The lowest BCUT2D eigenvalue weighted by atomic mass is 9.70. The van der Waals surface area contributed by atoms with Crippen molar-refractivity contribution in [1.29, 1.82) is 0 Å². The summed E-state index contributed by atoms with van der Waals surface area (Å²) in [6.07, 6.45) is 0.921. The summed E-state index contributed by atoms with van der Waals surface area (Å²) in [5.74, 6) is -0.607. The highest BCUT2D eigenvalue weighted by Crippen LogP contribution is 2.34. The molecule has 1 aliphatic heterocycles. The van der Waals surface area contributed by atoms with E-state index >= 15 is 0 Å². The van der Waals surface area contributed by atoms with E-state index < -0.39 is 5.92 Å². The maximum absolute atomic E-state index is 12.0. The Balaban J connectivity index is 2.19. The Morgan fingerprint density at radius 2 is 1.88 bits per heavy atom. The fraction of sp³-hybridized carbons (Fsp3) is 0.750. The van der Waals surface area contributed by atoms with Gasteiger partial charge in [-0.3, -0.25) is 14.6 Å². The van der Waals surface area contributed by atoms with E-state index in [9.17, 15) is 9.59 Å². The largest absolute Gasteiger partial charge is 0.374 e. The zero-order valence-electron chi connectivity index (χ0n) is 9.78. The molecule has 0 N–H and O–H groups in total. The molecule has 0 amide bonds. The van der Waals surface area contributed by atoms with Crippen LogP contribution in [0.25, 0.3) is 0 Å². The predicted molar refractivity (Wildman–Crippen MR) is 59.6 cm³/mol. The van der Waals surface area contributed by atoms with Gasteiger partial charge >= 0.3 is 0 Å². The third-order valence-corrected chi connectivity index (χ3v) is 3.08. The van der Waals surface area contributed by atoms with Crippen molar-refractivity contribution in [2.24, 2.45) is 16.3 Å². The number of ether oxygens (including phenoxy) is 1. The Bertz CT molecular complexity index is 337. The van der Waals surface area contributed by atoms with Crippen LogP contribution in [0.5, 0.6) is 0 Å². The van der Waals surface area contributed by atoms with E-state index in [0.717, 1.165) is 0 Å². The first-order valence-corrected chi connectivity index (χ1v) is 5.66. The lowest BCUT2D eigenvalue weighted by Crippen LogP contribution is -2.44. The zero-order valence-corrected chi connectivity index (χ0v) is 9.78. The van der Waals surface area contributed by atoms with Gasteiger partial charge in [0, 0.05) is 12.8 Å². The molecule has 88 valence electrons. The molecule has 0 bridgehead atoms. The van der Waals surface area contributed by atoms with Crippen LogP contribution in [0.2, 0.25) is 0 Å². The molecule has 0 spiro atoms. The van der Waals surface area contributed by atoms with Gasteiger partial charge in [0.15, 0.2) is 0 Å². The lowest BCUT2D eigenvalue weighted by Gasteiger charge is -2.33. The van der Waals surface area contributed by atoms with Gasteiger partial charge in [-0.05, 0) is 5.41 Å². The van der Waals surface area contributed by atoms with Crippen LogP contribution in [-0.4, -0.2) is 37.0 Å². The minimum Gasteiger partial charge on any atom is -0.374 e. The van der Waals surface area contributed by atoms with Gasteiger partial charge in [0.1, 0.15) is 17.5 Å². The van der Waals surface area contributed by atoms with Gasteiger partial charge in [-0.15, -0.1) is 0 Å². The lowest BCUT2D eigenvalue weighted by molar-refractivity contribution is -0.136. The van der Waals surface area contributed by atoms with Crippen molar-refractivity contribution in [3.8, 4) is 0 Å². The van der Waals surface area contributed by atoms with Gasteiger partial charge in [-0.25, -0.2) is 0 Å². The smallest absolute Gasteiger partial charge is 0.149 e. The molecule has 1 saturated carbocycles. The van der Waals surface area contributed by atoms with Crippen molar-refractivity contribution in [2.75, 3.05) is 19.8 Å². The molecule has 0 unspecified atom stereocenters. The second-order valence-corrected chi connectivity index (χ2v) is 5.31. The second-order valence-electron chi connectivity index (χ2n) is 5.31. The van der Waals surface area contributed by atoms with Crippen LogP contribution < -0.4 is 0 Å². The van der Waals surface area contributed by atoms with Crippen molar-refractivity contribution in [1.82, 2.24) is 0 Å². The number of aliphatic imine (C=N–C) groups is 1. The third-order valence-electron chi connectivity index (χ3n) is 3.08. The van der Waals surface area contributed by atoms with E-state index in [1.165, 1.54) is 0 Å². The number of carbonyl (C=O) groups is 2. The average molecular weight is 223 g/mol. The maximum atomic E-state index is 12.0. The van der Waals surface area contributed by atoms with E-state index in [-0.39, 0.29) is 17.0 Å². The summed E-state index contributed by atoms with van der Waals surface area (Å²) in [5, 5.41) is 0. The highest BCUT2D eigenvalue weighted by atomic mass is 16.5. The minimum atomic E-state index is -0.617. The van der Waals surface area contributed by atoms with Crippen LogP contribution >= 0.6 is 0 Å². The Hall–Kier alpha value is -1.03. The van der Waals surface area contributed by atoms with Crippen LogP contribution in [0.1, 0.15) is 26.7 Å². The highest BCUT2D eigenvalue weighted by molar-refractivity contribution is 6.22. The van der Waals surface area contributed by atoms with Gasteiger partial charge < -0.3 is 4.74 Å². The molecule has 2 aliphatic rings. The fourth-order valence-corrected chi connectivity index (χ4v) is 2.41. The Labute approximate surface area is 95.1 Å². The number of rotatable bonds is 1. The van der Waals surface area contributed by atoms with Crippen molar-refractivity contribution >= 4 is 17.3 Å². The molecular weight excluding hydrogens is 206 g/mol. The fourth-order valence-electron chi connectivity index (χ4n) is 2.41. The normalized spacial score (nSPS) is 26.8. The summed E-state index contributed by atoms with van der Waals surface area (Å²) in [6, 6.07) is 0. The molecule has 1 heterocycles. The molecule has 4 heteroatoms. The van der Waals surface area contributed by atoms with Crippen LogP contribution in [0.15, 0.2) is 4.99 Å². The minimum absolute atomic E-state index is 0.00509. The summed E-state index contributed by atoms with van der Waals surface area (Å²) in [6.45, 7) is 5.40. The van der Waals surface area contributed by atoms with Crippen molar-refractivity contribution in [3.05, 3.63) is 0 Å². The molecule has 4 nitrogen and oxygen atoms in total. The monoisotopic (exact) mass is 223 g/mol. The van der Waals surface area contributed by atoms with E-state index in [4.69, 9.17) is 4.74 Å². The topological polar surface area (TPSA) is 55.7 Å². The van der Waals surface area contributed by atoms with Crippen molar-refractivity contribution < 1.29 is 14.3 Å². The standard InChI is InChI=1S/C12H17NO3/c1-12(2)5-9(14)11(10(15)6-12)8-7-16-4-3-13-8/h11H,3-7H2,1-2H3. The molecule has 1 aliphatic carbocycles. The molecule has 0 radical (unpaired) electrons. The van der Waals surface area contributed by atoms with Gasteiger partial charge in [0.25, 0.3) is 0 Å². The number of hydrogen-bond donors (Lipinski definition) is 0. The number of carbonyl (C=O) groups excluding carboxylic acids is 2. The number of hydrogen-bond acceptors (Lipinski definition) is 4. The summed E-state index contributed by atoms with van der Waals surface area (Å²) in [5.41, 5.74) is 0.442. The molecule has 0 saturated heterocycles. The summed E-state index contributed by atoms with van der Waals surface area (Å²) < 4.78 is 5.25. The predicted octanol–water partition coefficient (Wildman–Crippen LogP) is 1.03. The zero-order chi connectivity index (χ0) is 11.8. The van der Waals surface area contributed by atoms with Crippen LogP contribution in [-0.2, 0) is 14.3 Å². The van der Waals surface area contributed by atoms with E-state index in [0.29, 0.717) is 38.3 Å². The van der Waals surface area contributed by atoms with Crippen LogP contribution in [0.3, 0.4) is 0 Å². The van der Waals surface area contributed by atoms with Gasteiger partial charge in [0.2, 0.25) is 0 Å². The number of nitrogens with zero attached hydrogens (tertiary/aromatic N) is 1. The Kier molecular flexibility index (Phi) is 2.93. The van der Waals surface area contributed by atoms with Gasteiger partial charge in [-0.1, -0.05) is 13.8 Å². The van der Waals surface area contributed by atoms with Crippen molar-refractivity contribution in [2.45, 2.75) is 26.7 Å². The molecule has 0 atom stereocenters. The SMILES string of the molecule is CC1(C)CC(=O)C(C2=NCCOC2)C(=O)C1. The molecule has 0 aromatic rings. The quantitative estimate of drug-likeness (QED) is 0.624. The molecule has 1 fully saturated rings. The molecule has 0 aromatic heterocycles. The number of ketones is 2. The van der Waals surface area contributed by atoms with Crippen LogP contribution in [0, 0.1) is 11.3 Å². The third kappa shape index (κ3) is 2.21. The van der Waals surface area contributed by atoms with Gasteiger partial charge in [-0.2, -0.15) is 0 Å². The van der Waals surface area contributed by atoms with Crippen molar-refractivity contribution in [3.63, 3.8) is 0 Å². The molecular formula is C12H17NO3. The molecule has 2 rings (SSSR count). The highest BCUT2D eigenvalue weighted by Gasteiger charge is 2.42. The second kappa shape index (κ2) is 4.09. The van der Waals surface area contributed by atoms with Gasteiger partial charge in [0.05, 0.1) is 25.5 Å². The van der Waals surface area contributed by atoms with E-state index in [1.807, 2.05) is 13.8 Å². The maximum Gasteiger partial charge on any atom is 0.149 e. The summed E-state index contributed by atoms with van der Waals surface area (Å²) in [7, 11) is 0. The molecule has 16 heavy (non-hydrogen) atoms.